The van der Waals surface area contributed by atoms with E-state index in [1.54, 1.807) is 31.6 Å². The van der Waals surface area contributed by atoms with Crippen molar-refractivity contribution in [2.75, 3.05) is 20.2 Å². The fraction of sp³-hybridized carbons (Fsp3) is 0.474. The van der Waals surface area contributed by atoms with Crippen molar-refractivity contribution in [3.63, 3.8) is 0 Å². The number of aliphatic hydroxyl groups is 1. The maximum absolute atomic E-state index is 10.7. The fourth-order valence-corrected chi connectivity index (χ4v) is 3.44. The van der Waals surface area contributed by atoms with Crippen molar-refractivity contribution in [1.82, 2.24) is 15.6 Å². The first kappa shape index (κ1) is 23.6. The Morgan fingerprint density at radius 3 is 2.70 bits per heavy atom. The highest BCUT2D eigenvalue weighted by molar-refractivity contribution is 14.0. The summed E-state index contributed by atoms with van der Waals surface area (Å²) in [6.07, 6.45) is 1.80. The quantitative estimate of drug-likeness (QED) is 0.306. The second-order valence-corrected chi connectivity index (χ2v) is 7.16. The molecular weight excluding hydrogens is 475 g/mol. The molecule has 2 rings (SSSR count). The van der Waals surface area contributed by atoms with Gasteiger partial charge in [-0.25, -0.2) is 4.99 Å². The van der Waals surface area contributed by atoms with Crippen molar-refractivity contribution >= 4 is 41.3 Å². The number of thiophene rings is 1. The minimum atomic E-state index is -0.961. The molecule has 0 saturated heterocycles. The monoisotopic (exact) mass is 504 g/mol. The largest absolute Gasteiger partial charge is 0.496 e. The van der Waals surface area contributed by atoms with Crippen molar-refractivity contribution in [2.24, 2.45) is 4.99 Å². The Hall–Kier alpha value is -1.39. The summed E-state index contributed by atoms with van der Waals surface area (Å²) in [5, 5.41) is 21.0. The van der Waals surface area contributed by atoms with Crippen molar-refractivity contribution in [1.29, 1.82) is 0 Å². The van der Waals surface area contributed by atoms with Crippen LogP contribution in [0.5, 0.6) is 5.75 Å². The Labute approximate surface area is 182 Å². The normalized spacial score (nSPS) is 13.5. The molecule has 2 aromatic heterocycles. The molecule has 0 radical (unpaired) electrons. The first-order valence-electron chi connectivity index (χ1n) is 8.65. The average Bonchev–Trinajstić information content (AvgIpc) is 3.15. The first-order chi connectivity index (χ1) is 12.4. The second kappa shape index (κ2) is 10.8. The summed E-state index contributed by atoms with van der Waals surface area (Å²) in [4.78, 5) is 9.08. The number of aryl methyl sites for hydroxylation is 1. The number of rotatable bonds is 7. The lowest BCUT2D eigenvalue weighted by Gasteiger charge is -2.24. The van der Waals surface area contributed by atoms with Crippen molar-refractivity contribution in [3.05, 3.63) is 45.4 Å². The predicted octanol–water partition coefficient (Wildman–Crippen LogP) is 3.35. The number of aliphatic imine (C=N–C) groups is 1. The summed E-state index contributed by atoms with van der Waals surface area (Å²) >= 11 is 1.57. The Morgan fingerprint density at radius 2 is 2.11 bits per heavy atom. The first-order valence-corrected chi connectivity index (χ1v) is 9.59. The van der Waals surface area contributed by atoms with E-state index < -0.39 is 5.60 Å². The van der Waals surface area contributed by atoms with Crippen molar-refractivity contribution in [2.45, 2.75) is 39.8 Å². The maximum atomic E-state index is 10.7. The van der Waals surface area contributed by atoms with Crippen LogP contribution in [0, 0.1) is 13.8 Å². The lowest BCUT2D eigenvalue weighted by atomic mass is 9.99. The molecule has 0 bridgehead atoms. The van der Waals surface area contributed by atoms with E-state index in [9.17, 15) is 5.11 Å². The van der Waals surface area contributed by atoms with E-state index in [2.05, 4.69) is 20.6 Å². The van der Waals surface area contributed by atoms with Gasteiger partial charge in [0.05, 0.1) is 25.9 Å². The van der Waals surface area contributed by atoms with Crippen LogP contribution in [-0.2, 0) is 12.1 Å². The van der Waals surface area contributed by atoms with E-state index in [-0.39, 0.29) is 24.0 Å². The van der Waals surface area contributed by atoms with Crippen LogP contribution in [0.1, 0.15) is 36.2 Å². The predicted molar refractivity (Wildman–Crippen MR) is 122 cm³/mol. The van der Waals surface area contributed by atoms with Crippen LogP contribution in [-0.4, -0.2) is 36.2 Å². The Balaban J connectivity index is 0.00000364. The molecule has 2 heterocycles. The third-order valence-corrected chi connectivity index (χ3v) is 4.91. The number of hydrogen-bond acceptors (Lipinski definition) is 5. The van der Waals surface area contributed by atoms with Gasteiger partial charge in [-0.15, -0.1) is 24.0 Å². The van der Waals surface area contributed by atoms with Gasteiger partial charge in [0.2, 0.25) is 0 Å². The van der Waals surface area contributed by atoms with Crippen LogP contribution in [0.4, 0.5) is 0 Å². The van der Waals surface area contributed by atoms with Crippen molar-refractivity contribution < 1.29 is 9.84 Å². The van der Waals surface area contributed by atoms with Crippen LogP contribution >= 0.6 is 35.3 Å². The van der Waals surface area contributed by atoms with Crippen molar-refractivity contribution in [3.8, 4) is 5.75 Å². The highest BCUT2D eigenvalue weighted by atomic mass is 127. The molecule has 8 heteroatoms. The second-order valence-electron chi connectivity index (χ2n) is 6.38. The maximum Gasteiger partial charge on any atom is 0.191 e. The third-order valence-electron chi connectivity index (χ3n) is 4.22. The molecule has 0 aromatic carbocycles. The average molecular weight is 504 g/mol. The van der Waals surface area contributed by atoms with E-state index in [1.807, 2.05) is 37.6 Å². The molecule has 0 saturated carbocycles. The van der Waals surface area contributed by atoms with Crippen LogP contribution in [0.2, 0.25) is 0 Å². The fourth-order valence-electron chi connectivity index (χ4n) is 2.66. The molecule has 0 spiro atoms. The van der Waals surface area contributed by atoms with Gasteiger partial charge in [0.25, 0.3) is 0 Å². The van der Waals surface area contributed by atoms with Gasteiger partial charge in [-0.2, -0.15) is 11.3 Å². The topological polar surface area (TPSA) is 78.8 Å². The summed E-state index contributed by atoms with van der Waals surface area (Å²) < 4.78 is 5.45. The summed E-state index contributed by atoms with van der Waals surface area (Å²) in [7, 11) is 1.67. The molecule has 1 unspecified atom stereocenters. The zero-order valence-electron chi connectivity index (χ0n) is 16.5. The number of nitrogens with zero attached hydrogens (tertiary/aromatic N) is 2. The number of ether oxygens (including phenoxy) is 1. The number of hydrogen-bond donors (Lipinski definition) is 3. The van der Waals surface area contributed by atoms with Gasteiger partial charge in [-0.1, -0.05) is 0 Å². The van der Waals surface area contributed by atoms with E-state index in [4.69, 9.17) is 4.74 Å². The molecule has 1 atom stereocenters. The molecule has 2 aromatic rings. The van der Waals surface area contributed by atoms with E-state index in [0.717, 1.165) is 34.7 Å². The van der Waals surface area contributed by atoms with Gasteiger partial charge < -0.3 is 20.5 Å². The Bertz CT molecular complexity index is 748. The summed E-state index contributed by atoms with van der Waals surface area (Å²) in [5.41, 5.74) is 2.81. The summed E-state index contributed by atoms with van der Waals surface area (Å²) in [6, 6.07) is 1.93. The molecular formula is C19H29IN4O2S. The minimum absolute atomic E-state index is 0. The molecule has 3 N–H and O–H groups in total. The van der Waals surface area contributed by atoms with E-state index >= 15 is 0 Å². The van der Waals surface area contributed by atoms with Gasteiger partial charge in [0.15, 0.2) is 5.96 Å². The van der Waals surface area contributed by atoms with Crippen LogP contribution in [0.25, 0.3) is 0 Å². The molecule has 150 valence electrons. The molecule has 0 fully saturated rings. The molecule has 6 nitrogen and oxygen atoms in total. The molecule has 27 heavy (non-hydrogen) atoms. The lowest BCUT2D eigenvalue weighted by Crippen LogP contribution is -2.44. The number of halogens is 1. The number of nitrogens with one attached hydrogen (secondary N) is 2. The van der Waals surface area contributed by atoms with Gasteiger partial charge in [0.1, 0.15) is 11.4 Å². The Morgan fingerprint density at radius 1 is 1.37 bits per heavy atom. The van der Waals surface area contributed by atoms with Crippen LogP contribution in [0.3, 0.4) is 0 Å². The smallest absolute Gasteiger partial charge is 0.191 e. The Kier molecular flexibility index (Phi) is 9.48. The minimum Gasteiger partial charge on any atom is -0.496 e. The van der Waals surface area contributed by atoms with Crippen LogP contribution in [0.15, 0.2) is 28.0 Å². The van der Waals surface area contributed by atoms with Gasteiger partial charge >= 0.3 is 0 Å². The molecule has 0 aliphatic rings. The highest BCUT2D eigenvalue weighted by Gasteiger charge is 2.23. The molecule has 0 amide bonds. The van der Waals surface area contributed by atoms with Gasteiger partial charge in [0, 0.05) is 23.9 Å². The molecule has 0 aliphatic carbocycles. The van der Waals surface area contributed by atoms with Crippen LogP contribution < -0.4 is 15.4 Å². The van der Waals surface area contributed by atoms with E-state index in [1.165, 1.54) is 0 Å². The zero-order valence-corrected chi connectivity index (χ0v) is 19.6. The van der Waals surface area contributed by atoms with Gasteiger partial charge in [-0.05, 0) is 50.1 Å². The SMILES string of the molecule is CCNC(=NCc1ncc(C)c(OC)c1C)NCC(C)(O)c1ccsc1.I. The van der Waals surface area contributed by atoms with Gasteiger partial charge in [-0.3, -0.25) is 4.98 Å². The summed E-state index contributed by atoms with van der Waals surface area (Å²) in [5.74, 6) is 1.49. The number of pyridine rings is 1. The lowest BCUT2D eigenvalue weighted by molar-refractivity contribution is 0.0621. The number of aromatic nitrogens is 1. The molecule has 0 aliphatic heterocycles. The van der Waals surface area contributed by atoms with E-state index in [0.29, 0.717) is 19.0 Å². The third kappa shape index (κ3) is 6.32. The zero-order chi connectivity index (χ0) is 19.2. The number of guanidine groups is 1. The standard InChI is InChI=1S/C19H28N4O2S.HI/c1-6-20-18(23-12-19(4,24)15-7-8-26-11-15)22-10-16-14(3)17(25-5)13(2)9-21-16;/h7-9,11,24H,6,10,12H2,1-5H3,(H2,20,22,23);1H. The summed E-state index contributed by atoms with van der Waals surface area (Å²) in [6.45, 7) is 9.29. The highest BCUT2D eigenvalue weighted by Crippen LogP contribution is 2.24. The number of methoxy groups -OCH3 is 1.